The monoisotopic (exact) mass is 306 g/mol. The van der Waals surface area contributed by atoms with E-state index in [2.05, 4.69) is 0 Å². The zero-order chi connectivity index (χ0) is 15.4. The molecule has 21 heavy (non-hydrogen) atoms. The maximum atomic E-state index is 11.3. The van der Waals surface area contributed by atoms with Crippen LogP contribution in [0.1, 0.15) is 10.4 Å². The predicted octanol–water partition coefficient (Wildman–Crippen LogP) is 3.76. The molecule has 0 aromatic heterocycles. The topological polar surface area (TPSA) is 44.8 Å². The van der Waals surface area contributed by atoms with Gasteiger partial charge >= 0.3 is 0 Å². The summed E-state index contributed by atoms with van der Waals surface area (Å²) in [7, 11) is 4.66. The molecule has 0 aliphatic carbocycles. The summed E-state index contributed by atoms with van der Waals surface area (Å²) < 4.78 is 15.9. The lowest BCUT2D eigenvalue weighted by molar-refractivity contribution is 0.108. The molecule has 110 valence electrons. The number of halogens is 1. The van der Waals surface area contributed by atoms with Gasteiger partial charge in [-0.3, -0.25) is 4.79 Å². The molecule has 0 saturated carbocycles. The molecule has 0 spiro atoms. The lowest BCUT2D eigenvalue weighted by atomic mass is 10.0. The minimum atomic E-state index is -0.496. The van der Waals surface area contributed by atoms with Crippen molar-refractivity contribution in [1.29, 1.82) is 0 Å². The fraction of sp³-hybridized carbons (Fsp3) is 0.188. The third-order valence-electron chi connectivity index (χ3n) is 3.09. The lowest BCUT2D eigenvalue weighted by Gasteiger charge is -2.14. The van der Waals surface area contributed by atoms with Crippen molar-refractivity contribution in [2.75, 3.05) is 21.3 Å². The first kappa shape index (κ1) is 15.2. The summed E-state index contributed by atoms with van der Waals surface area (Å²) in [5.41, 5.74) is 2.10. The highest BCUT2D eigenvalue weighted by molar-refractivity contribution is 6.67. The highest BCUT2D eigenvalue weighted by atomic mass is 35.5. The molecule has 2 aromatic carbocycles. The molecule has 2 rings (SSSR count). The van der Waals surface area contributed by atoms with Crippen LogP contribution in [0.25, 0.3) is 11.1 Å². The molecule has 0 atom stereocenters. The van der Waals surface area contributed by atoms with Crippen LogP contribution in [-0.2, 0) is 0 Å². The number of carbonyl (C=O) groups excluding carboxylic acids is 1. The zero-order valence-corrected chi connectivity index (χ0v) is 12.7. The maximum Gasteiger partial charge on any atom is 0.252 e. The average Bonchev–Trinajstić information content (AvgIpc) is 2.53. The molecular weight excluding hydrogens is 292 g/mol. The van der Waals surface area contributed by atoms with Crippen LogP contribution < -0.4 is 14.2 Å². The zero-order valence-electron chi connectivity index (χ0n) is 12.0. The molecule has 0 aliphatic heterocycles. The molecule has 0 heterocycles. The summed E-state index contributed by atoms with van der Waals surface area (Å²) in [6.07, 6.45) is 0. The number of carbonyl (C=O) groups is 1. The van der Waals surface area contributed by atoms with Crippen LogP contribution >= 0.6 is 11.6 Å². The second-order valence-electron chi connectivity index (χ2n) is 4.27. The minimum absolute atomic E-state index is 0.433. The van der Waals surface area contributed by atoms with Crippen LogP contribution in [0.5, 0.6) is 17.2 Å². The Hall–Kier alpha value is -2.20. The Bertz CT molecular complexity index is 642. The molecule has 0 amide bonds. The highest BCUT2D eigenvalue weighted by Crippen LogP contribution is 2.41. The van der Waals surface area contributed by atoms with Crippen LogP contribution in [0.3, 0.4) is 0 Å². The van der Waals surface area contributed by atoms with Crippen molar-refractivity contribution in [3.8, 4) is 28.4 Å². The van der Waals surface area contributed by atoms with E-state index >= 15 is 0 Å². The molecule has 5 heteroatoms. The van der Waals surface area contributed by atoms with Crippen molar-refractivity contribution in [2.24, 2.45) is 0 Å². The molecule has 0 fully saturated rings. The molecule has 0 unspecified atom stereocenters. The fourth-order valence-electron chi connectivity index (χ4n) is 2.07. The first-order valence-electron chi connectivity index (χ1n) is 6.21. The van der Waals surface area contributed by atoms with Gasteiger partial charge in [0.05, 0.1) is 21.3 Å². The summed E-state index contributed by atoms with van der Waals surface area (Å²) in [6, 6.07) is 10.7. The number of hydrogen-bond donors (Lipinski definition) is 0. The maximum absolute atomic E-state index is 11.3. The molecule has 2 aromatic rings. The number of benzene rings is 2. The number of hydrogen-bond acceptors (Lipinski definition) is 4. The Morgan fingerprint density at radius 1 is 0.905 bits per heavy atom. The third kappa shape index (κ3) is 3.11. The summed E-state index contributed by atoms with van der Waals surface area (Å²) in [5.74, 6) is 1.62. The van der Waals surface area contributed by atoms with Crippen LogP contribution in [0.2, 0.25) is 0 Å². The van der Waals surface area contributed by atoms with Gasteiger partial charge in [0.1, 0.15) is 0 Å². The molecule has 0 saturated heterocycles. The standard InChI is InChI=1S/C16H15ClO4/c1-19-13-8-12(9-14(20-2)15(13)21-3)10-5-4-6-11(7-10)16(17)18/h4-9H,1-3H3. The van der Waals surface area contributed by atoms with E-state index < -0.39 is 5.24 Å². The smallest absolute Gasteiger partial charge is 0.252 e. The van der Waals surface area contributed by atoms with Gasteiger partial charge in [-0.25, -0.2) is 0 Å². The number of ether oxygens (including phenoxy) is 3. The minimum Gasteiger partial charge on any atom is -0.493 e. The van der Waals surface area contributed by atoms with Gasteiger partial charge in [-0.05, 0) is 40.9 Å². The summed E-state index contributed by atoms with van der Waals surface area (Å²) in [5, 5.41) is -0.496. The molecule has 4 nitrogen and oxygen atoms in total. The normalized spacial score (nSPS) is 10.1. The van der Waals surface area contributed by atoms with Gasteiger partial charge < -0.3 is 14.2 Å². The van der Waals surface area contributed by atoms with Crippen LogP contribution in [0.4, 0.5) is 0 Å². The molecule has 0 radical (unpaired) electrons. The van der Waals surface area contributed by atoms with E-state index in [4.69, 9.17) is 25.8 Å². The van der Waals surface area contributed by atoms with Crippen molar-refractivity contribution in [3.05, 3.63) is 42.0 Å². The Balaban J connectivity index is 2.58. The van der Waals surface area contributed by atoms with Gasteiger partial charge in [-0.1, -0.05) is 18.2 Å². The second-order valence-corrected chi connectivity index (χ2v) is 4.61. The quantitative estimate of drug-likeness (QED) is 0.789. The lowest BCUT2D eigenvalue weighted by Crippen LogP contribution is -1.96. The van der Waals surface area contributed by atoms with E-state index in [-0.39, 0.29) is 0 Å². The Morgan fingerprint density at radius 3 is 2.00 bits per heavy atom. The van der Waals surface area contributed by atoms with E-state index in [1.807, 2.05) is 18.2 Å². The Morgan fingerprint density at radius 2 is 1.52 bits per heavy atom. The summed E-state index contributed by atoms with van der Waals surface area (Å²) in [6.45, 7) is 0. The van der Waals surface area contributed by atoms with Crippen molar-refractivity contribution in [3.63, 3.8) is 0 Å². The van der Waals surface area contributed by atoms with Crippen molar-refractivity contribution >= 4 is 16.8 Å². The van der Waals surface area contributed by atoms with Gasteiger partial charge in [0.15, 0.2) is 11.5 Å². The SMILES string of the molecule is COc1cc(-c2cccc(C(=O)Cl)c2)cc(OC)c1OC. The van der Waals surface area contributed by atoms with Crippen LogP contribution in [-0.4, -0.2) is 26.6 Å². The molecule has 0 aliphatic rings. The van der Waals surface area contributed by atoms with Gasteiger partial charge in [0.25, 0.3) is 5.24 Å². The summed E-state index contributed by atoms with van der Waals surface area (Å²) >= 11 is 5.52. The van der Waals surface area contributed by atoms with Crippen molar-refractivity contribution in [2.45, 2.75) is 0 Å². The first-order valence-corrected chi connectivity index (χ1v) is 6.58. The molecule has 0 N–H and O–H groups in total. The second kappa shape index (κ2) is 6.50. The fourth-order valence-corrected chi connectivity index (χ4v) is 2.19. The van der Waals surface area contributed by atoms with Crippen LogP contribution in [0.15, 0.2) is 36.4 Å². The van der Waals surface area contributed by atoms with E-state index in [1.54, 1.807) is 39.5 Å². The Labute approximate surface area is 128 Å². The number of rotatable bonds is 5. The first-order chi connectivity index (χ1) is 10.1. The third-order valence-corrected chi connectivity index (χ3v) is 3.31. The van der Waals surface area contributed by atoms with Crippen molar-refractivity contribution in [1.82, 2.24) is 0 Å². The van der Waals surface area contributed by atoms with Crippen LogP contribution in [0, 0.1) is 0 Å². The van der Waals surface area contributed by atoms with Gasteiger partial charge in [-0.2, -0.15) is 0 Å². The van der Waals surface area contributed by atoms with E-state index in [0.29, 0.717) is 22.8 Å². The van der Waals surface area contributed by atoms with Gasteiger partial charge in [0, 0.05) is 5.56 Å². The Kier molecular flexibility index (Phi) is 4.70. The largest absolute Gasteiger partial charge is 0.493 e. The highest BCUT2D eigenvalue weighted by Gasteiger charge is 2.14. The average molecular weight is 307 g/mol. The van der Waals surface area contributed by atoms with E-state index in [0.717, 1.165) is 11.1 Å². The molecule has 0 bridgehead atoms. The van der Waals surface area contributed by atoms with E-state index in [1.165, 1.54) is 0 Å². The predicted molar refractivity (Wildman–Crippen MR) is 81.7 cm³/mol. The summed E-state index contributed by atoms with van der Waals surface area (Å²) in [4.78, 5) is 11.3. The van der Waals surface area contributed by atoms with E-state index in [9.17, 15) is 4.79 Å². The van der Waals surface area contributed by atoms with Crippen molar-refractivity contribution < 1.29 is 19.0 Å². The van der Waals surface area contributed by atoms with Gasteiger partial charge in [-0.15, -0.1) is 0 Å². The number of methoxy groups -OCH3 is 3. The molecular formula is C16H15ClO4. The van der Waals surface area contributed by atoms with Gasteiger partial charge in [0.2, 0.25) is 5.75 Å².